The van der Waals surface area contributed by atoms with Crippen LogP contribution < -0.4 is 5.32 Å². The summed E-state index contributed by atoms with van der Waals surface area (Å²) in [5, 5.41) is 12.2. The van der Waals surface area contributed by atoms with E-state index in [-0.39, 0.29) is 6.04 Å². The molecule has 7 heteroatoms. The number of benzene rings is 1. The molecular formula is C14H16F3NO2S. The fourth-order valence-electron chi connectivity index (χ4n) is 2.48. The lowest BCUT2D eigenvalue weighted by atomic mass is 10.1. The third kappa shape index (κ3) is 3.45. The first kappa shape index (κ1) is 16.0. The zero-order chi connectivity index (χ0) is 15.6. The topological polar surface area (TPSA) is 49.3 Å². The van der Waals surface area contributed by atoms with Gasteiger partial charge in [-0.15, -0.1) is 0 Å². The number of rotatable bonds is 4. The summed E-state index contributed by atoms with van der Waals surface area (Å²) in [7, 11) is 0. The number of amides is 1. The van der Waals surface area contributed by atoms with Gasteiger partial charge in [0, 0.05) is 11.3 Å². The van der Waals surface area contributed by atoms with Crippen LogP contribution in [0.15, 0.2) is 6.07 Å². The molecule has 3 nitrogen and oxygen atoms in total. The standard InChI is InChI=1S/C14H16F3NO2S/c1-2-21-8-4-3-7(5-8)18-14(20)9-6-10(15)12(17)13(19)11(9)16/h6-8,19H,2-5H2,1H3,(H,18,20)/t7-,8+/m0/s1. The zero-order valence-electron chi connectivity index (χ0n) is 11.5. The molecule has 0 bridgehead atoms. The van der Waals surface area contributed by atoms with E-state index in [4.69, 9.17) is 5.11 Å². The van der Waals surface area contributed by atoms with Crippen molar-refractivity contribution < 1.29 is 23.1 Å². The summed E-state index contributed by atoms with van der Waals surface area (Å²) in [6, 6.07) is 0.351. The molecule has 0 aliphatic heterocycles. The number of phenolic OH excluding ortho intramolecular Hbond substituents is 1. The molecule has 2 atom stereocenters. The van der Waals surface area contributed by atoms with Crippen LogP contribution in [0.4, 0.5) is 13.2 Å². The Morgan fingerprint density at radius 2 is 2.10 bits per heavy atom. The summed E-state index contributed by atoms with van der Waals surface area (Å²) in [5.41, 5.74) is -0.682. The van der Waals surface area contributed by atoms with Gasteiger partial charge in [-0.1, -0.05) is 6.92 Å². The molecule has 1 aromatic carbocycles. The number of nitrogens with one attached hydrogen (secondary N) is 1. The largest absolute Gasteiger partial charge is 0.503 e. The Bertz CT molecular complexity index is 554. The average Bonchev–Trinajstić information content (AvgIpc) is 2.88. The summed E-state index contributed by atoms with van der Waals surface area (Å²) < 4.78 is 39.8. The fraction of sp³-hybridized carbons (Fsp3) is 0.500. The molecule has 1 fully saturated rings. The van der Waals surface area contributed by atoms with Crippen molar-refractivity contribution in [2.24, 2.45) is 0 Å². The molecule has 0 aromatic heterocycles. The van der Waals surface area contributed by atoms with Gasteiger partial charge in [0.25, 0.3) is 5.91 Å². The van der Waals surface area contributed by atoms with Crippen molar-refractivity contribution in [2.75, 3.05) is 5.75 Å². The minimum Gasteiger partial charge on any atom is -0.503 e. The van der Waals surface area contributed by atoms with E-state index < -0.39 is 34.7 Å². The maximum absolute atomic E-state index is 13.6. The minimum absolute atomic E-state index is 0.115. The highest BCUT2D eigenvalue weighted by Crippen LogP contribution is 2.30. The third-order valence-corrected chi connectivity index (χ3v) is 4.73. The van der Waals surface area contributed by atoms with Crippen molar-refractivity contribution in [3.05, 3.63) is 29.1 Å². The Hall–Kier alpha value is -1.37. The Labute approximate surface area is 124 Å². The van der Waals surface area contributed by atoms with Gasteiger partial charge in [0.15, 0.2) is 17.4 Å². The lowest BCUT2D eigenvalue weighted by Gasteiger charge is -2.14. The number of carbonyl (C=O) groups excluding carboxylic acids is 1. The predicted octanol–water partition coefficient (Wildman–Crippen LogP) is 3.21. The zero-order valence-corrected chi connectivity index (χ0v) is 12.3. The van der Waals surface area contributed by atoms with E-state index in [1.165, 1.54) is 0 Å². The lowest BCUT2D eigenvalue weighted by molar-refractivity contribution is 0.0932. The Morgan fingerprint density at radius 3 is 2.76 bits per heavy atom. The van der Waals surface area contributed by atoms with Crippen LogP contribution in [0.3, 0.4) is 0 Å². The maximum atomic E-state index is 13.6. The maximum Gasteiger partial charge on any atom is 0.254 e. The van der Waals surface area contributed by atoms with E-state index in [9.17, 15) is 18.0 Å². The lowest BCUT2D eigenvalue weighted by Crippen LogP contribution is -2.33. The predicted molar refractivity (Wildman–Crippen MR) is 75.0 cm³/mol. The van der Waals surface area contributed by atoms with E-state index in [2.05, 4.69) is 12.2 Å². The van der Waals surface area contributed by atoms with Crippen LogP contribution in [-0.4, -0.2) is 28.1 Å². The van der Waals surface area contributed by atoms with Crippen molar-refractivity contribution in [1.29, 1.82) is 0 Å². The van der Waals surface area contributed by atoms with Gasteiger partial charge in [0.2, 0.25) is 5.82 Å². The number of hydrogen-bond acceptors (Lipinski definition) is 3. The van der Waals surface area contributed by atoms with Gasteiger partial charge in [-0.25, -0.2) is 8.78 Å². The molecule has 2 rings (SSSR count). The van der Waals surface area contributed by atoms with Crippen LogP contribution in [0.2, 0.25) is 0 Å². The fourth-order valence-corrected chi connectivity index (χ4v) is 3.62. The molecule has 0 unspecified atom stereocenters. The highest BCUT2D eigenvalue weighted by Gasteiger charge is 2.28. The third-order valence-electron chi connectivity index (χ3n) is 3.50. The van der Waals surface area contributed by atoms with Crippen LogP contribution in [0.5, 0.6) is 5.75 Å². The highest BCUT2D eigenvalue weighted by atomic mass is 32.2. The summed E-state index contributed by atoms with van der Waals surface area (Å²) in [6.45, 7) is 2.05. The van der Waals surface area contributed by atoms with Crippen molar-refractivity contribution in [1.82, 2.24) is 5.32 Å². The van der Waals surface area contributed by atoms with Crippen molar-refractivity contribution in [2.45, 2.75) is 37.5 Å². The normalized spacial score (nSPS) is 21.5. The summed E-state index contributed by atoms with van der Waals surface area (Å²) >= 11 is 1.80. The molecule has 1 aromatic rings. The van der Waals surface area contributed by atoms with Gasteiger partial charge < -0.3 is 10.4 Å². The first-order chi connectivity index (χ1) is 9.93. The van der Waals surface area contributed by atoms with Gasteiger partial charge in [-0.05, 0) is 31.1 Å². The van der Waals surface area contributed by atoms with Crippen molar-refractivity contribution in [3.63, 3.8) is 0 Å². The second-order valence-corrected chi connectivity index (χ2v) is 6.52. The van der Waals surface area contributed by atoms with Gasteiger partial charge in [0.05, 0.1) is 5.56 Å². The van der Waals surface area contributed by atoms with Crippen LogP contribution in [0.1, 0.15) is 36.5 Å². The number of aromatic hydroxyl groups is 1. The molecular weight excluding hydrogens is 303 g/mol. The van der Waals surface area contributed by atoms with Crippen LogP contribution in [-0.2, 0) is 0 Å². The van der Waals surface area contributed by atoms with E-state index >= 15 is 0 Å². The van der Waals surface area contributed by atoms with Gasteiger partial charge in [0.1, 0.15) is 0 Å². The molecule has 1 aliphatic carbocycles. The molecule has 1 aliphatic rings. The molecule has 116 valence electrons. The van der Waals surface area contributed by atoms with E-state index in [0.717, 1.165) is 25.0 Å². The molecule has 0 saturated heterocycles. The van der Waals surface area contributed by atoms with E-state index in [1.54, 1.807) is 11.8 Å². The number of carbonyl (C=O) groups is 1. The minimum atomic E-state index is -1.69. The second kappa shape index (κ2) is 6.60. The van der Waals surface area contributed by atoms with Crippen LogP contribution >= 0.6 is 11.8 Å². The van der Waals surface area contributed by atoms with Gasteiger partial charge in [-0.2, -0.15) is 16.2 Å². The number of halogens is 3. The number of phenols is 1. The monoisotopic (exact) mass is 319 g/mol. The number of thioether (sulfide) groups is 1. The van der Waals surface area contributed by atoms with Crippen LogP contribution in [0.25, 0.3) is 0 Å². The molecule has 2 N–H and O–H groups in total. The Balaban J connectivity index is 2.08. The summed E-state index contributed by atoms with van der Waals surface area (Å²) in [6.07, 6.45) is 2.48. The Kier molecular flexibility index (Phi) is 5.03. The molecule has 1 amide bonds. The molecule has 0 spiro atoms. The summed E-state index contributed by atoms with van der Waals surface area (Å²) in [5.74, 6) is -5.91. The highest BCUT2D eigenvalue weighted by molar-refractivity contribution is 7.99. The average molecular weight is 319 g/mol. The van der Waals surface area contributed by atoms with Crippen molar-refractivity contribution >= 4 is 17.7 Å². The first-order valence-electron chi connectivity index (χ1n) is 6.73. The van der Waals surface area contributed by atoms with E-state index in [0.29, 0.717) is 11.3 Å². The molecule has 0 radical (unpaired) electrons. The molecule has 21 heavy (non-hydrogen) atoms. The molecule has 0 heterocycles. The molecule has 1 saturated carbocycles. The van der Waals surface area contributed by atoms with E-state index in [1.807, 2.05) is 0 Å². The van der Waals surface area contributed by atoms with Crippen LogP contribution in [0, 0.1) is 17.5 Å². The second-order valence-electron chi connectivity index (χ2n) is 4.94. The van der Waals surface area contributed by atoms with Crippen molar-refractivity contribution in [3.8, 4) is 5.75 Å². The SMILES string of the molecule is CCS[C@@H]1CC[C@H](NC(=O)c2cc(F)c(F)c(O)c2F)C1. The quantitative estimate of drug-likeness (QED) is 0.838. The Morgan fingerprint density at radius 1 is 1.38 bits per heavy atom. The van der Waals surface area contributed by atoms with Gasteiger partial charge in [-0.3, -0.25) is 4.79 Å². The number of hydrogen-bond donors (Lipinski definition) is 2. The van der Waals surface area contributed by atoms with Gasteiger partial charge >= 0.3 is 0 Å². The smallest absolute Gasteiger partial charge is 0.254 e. The first-order valence-corrected chi connectivity index (χ1v) is 7.77. The summed E-state index contributed by atoms with van der Waals surface area (Å²) in [4.78, 5) is 11.9.